The fourth-order valence-corrected chi connectivity index (χ4v) is 4.54. The lowest BCUT2D eigenvalue weighted by molar-refractivity contribution is -0.132. The average Bonchev–Trinajstić information content (AvgIpc) is 3.43. The Bertz CT molecular complexity index is 828. The van der Waals surface area contributed by atoms with Crippen molar-refractivity contribution in [3.8, 4) is 0 Å². The fourth-order valence-electron chi connectivity index (χ4n) is 4.54. The first-order chi connectivity index (χ1) is 14.4. The Morgan fingerprint density at radius 2 is 2.00 bits per heavy atom. The molecule has 1 aliphatic carbocycles. The second kappa shape index (κ2) is 8.65. The molecule has 3 aliphatic rings. The highest BCUT2D eigenvalue weighted by Crippen LogP contribution is 2.25. The summed E-state index contributed by atoms with van der Waals surface area (Å²) in [6.07, 6.45) is 4.52. The molecule has 164 valence electrons. The number of hydrogen-bond acceptors (Lipinski definition) is 5. The van der Waals surface area contributed by atoms with Gasteiger partial charge < -0.3 is 15.0 Å². The molecule has 1 aromatic heterocycles. The Morgan fingerprint density at radius 3 is 2.67 bits per heavy atom. The van der Waals surface area contributed by atoms with E-state index in [0.717, 1.165) is 43.5 Å². The van der Waals surface area contributed by atoms with Crippen LogP contribution in [0.4, 0.5) is 4.79 Å². The van der Waals surface area contributed by atoms with Gasteiger partial charge in [0, 0.05) is 43.4 Å². The lowest BCUT2D eigenvalue weighted by Gasteiger charge is -2.29. The zero-order chi connectivity index (χ0) is 21.3. The van der Waals surface area contributed by atoms with Crippen LogP contribution in [0.15, 0.2) is 0 Å². The maximum atomic E-state index is 13.0. The molecule has 2 fully saturated rings. The van der Waals surface area contributed by atoms with Crippen molar-refractivity contribution in [3.63, 3.8) is 0 Å². The number of nitrogens with zero attached hydrogens (tertiary/aromatic N) is 4. The lowest BCUT2D eigenvalue weighted by atomic mass is 10.0. The molecule has 1 N–H and O–H groups in total. The van der Waals surface area contributed by atoms with Crippen LogP contribution in [-0.2, 0) is 29.0 Å². The number of fused-ring (bicyclic) bond motifs is 1. The zero-order valence-electron chi connectivity index (χ0n) is 17.9. The van der Waals surface area contributed by atoms with Crippen LogP contribution in [0.1, 0.15) is 61.3 Å². The van der Waals surface area contributed by atoms with E-state index < -0.39 is 6.09 Å². The smallest absolute Gasteiger partial charge is 0.410 e. The Morgan fingerprint density at radius 1 is 1.23 bits per heavy atom. The quantitative estimate of drug-likeness (QED) is 0.758. The molecule has 0 radical (unpaired) electrons. The number of nitrogens with one attached hydrogen (secondary N) is 1. The normalized spacial score (nSPS) is 19.4. The summed E-state index contributed by atoms with van der Waals surface area (Å²) < 4.78 is 6.86. The molecular formula is C21H31N5O4. The molecule has 0 atom stereocenters. The van der Waals surface area contributed by atoms with Gasteiger partial charge in [0.25, 0.3) is 5.91 Å². The van der Waals surface area contributed by atoms with E-state index in [2.05, 4.69) is 24.3 Å². The van der Waals surface area contributed by atoms with Crippen molar-refractivity contribution in [2.45, 2.75) is 65.1 Å². The van der Waals surface area contributed by atoms with E-state index in [9.17, 15) is 14.4 Å². The predicted molar refractivity (Wildman–Crippen MR) is 109 cm³/mol. The number of cyclic esters (lactones) is 1. The number of ether oxygens (including phenoxy) is 1. The minimum atomic E-state index is -0.442. The molecule has 2 aliphatic heterocycles. The largest absolute Gasteiger partial charge is 0.448 e. The summed E-state index contributed by atoms with van der Waals surface area (Å²) in [6.45, 7) is 6.67. The van der Waals surface area contributed by atoms with Gasteiger partial charge >= 0.3 is 6.09 Å². The van der Waals surface area contributed by atoms with Crippen LogP contribution in [0.5, 0.6) is 0 Å². The van der Waals surface area contributed by atoms with Gasteiger partial charge in [0.05, 0.1) is 6.54 Å². The van der Waals surface area contributed by atoms with E-state index >= 15 is 0 Å². The average molecular weight is 418 g/mol. The van der Waals surface area contributed by atoms with Crippen LogP contribution in [0.2, 0.25) is 0 Å². The third-order valence-electron chi connectivity index (χ3n) is 6.10. The first-order valence-electron chi connectivity index (χ1n) is 11.0. The van der Waals surface area contributed by atoms with Gasteiger partial charge in [0.1, 0.15) is 13.2 Å². The van der Waals surface area contributed by atoms with Crippen molar-refractivity contribution in [2.75, 3.05) is 26.2 Å². The molecule has 1 saturated heterocycles. The topological polar surface area (TPSA) is 96.8 Å². The monoisotopic (exact) mass is 417 g/mol. The minimum Gasteiger partial charge on any atom is -0.448 e. The van der Waals surface area contributed by atoms with Crippen molar-refractivity contribution >= 4 is 17.9 Å². The van der Waals surface area contributed by atoms with Crippen LogP contribution in [0, 0.1) is 5.92 Å². The van der Waals surface area contributed by atoms with E-state index in [-0.39, 0.29) is 24.4 Å². The molecule has 9 heteroatoms. The zero-order valence-corrected chi connectivity index (χ0v) is 17.9. The van der Waals surface area contributed by atoms with Gasteiger partial charge in [-0.1, -0.05) is 26.7 Å². The van der Waals surface area contributed by atoms with E-state index in [1.807, 2.05) is 4.68 Å². The van der Waals surface area contributed by atoms with E-state index in [1.54, 1.807) is 4.90 Å². The van der Waals surface area contributed by atoms with Gasteiger partial charge in [-0.3, -0.25) is 19.2 Å². The van der Waals surface area contributed by atoms with E-state index in [4.69, 9.17) is 4.74 Å². The SMILES string of the molecule is CC(C)Cn1nc(C(=O)NC2CCCC2)c2c1CCN(C(=O)CN1CCOC1=O)C2. The predicted octanol–water partition coefficient (Wildman–Crippen LogP) is 1.55. The molecular weight excluding hydrogens is 386 g/mol. The Hall–Kier alpha value is -2.58. The molecule has 3 heterocycles. The minimum absolute atomic E-state index is 0.0118. The van der Waals surface area contributed by atoms with Gasteiger partial charge in [-0.2, -0.15) is 5.10 Å². The molecule has 3 amide bonds. The second-order valence-electron chi connectivity index (χ2n) is 8.91. The van der Waals surface area contributed by atoms with Crippen LogP contribution in [0.25, 0.3) is 0 Å². The first kappa shape index (κ1) is 20.7. The molecule has 0 aromatic carbocycles. The number of carbonyl (C=O) groups excluding carboxylic acids is 3. The first-order valence-corrected chi connectivity index (χ1v) is 11.0. The van der Waals surface area contributed by atoms with E-state index in [0.29, 0.717) is 44.3 Å². The molecule has 0 spiro atoms. The van der Waals surface area contributed by atoms with Gasteiger partial charge in [0.2, 0.25) is 5.91 Å². The lowest BCUT2D eigenvalue weighted by Crippen LogP contribution is -2.43. The Kier molecular flexibility index (Phi) is 5.97. The molecule has 9 nitrogen and oxygen atoms in total. The summed E-state index contributed by atoms with van der Waals surface area (Å²) in [4.78, 5) is 40.6. The second-order valence-corrected chi connectivity index (χ2v) is 8.91. The molecule has 0 bridgehead atoms. The summed E-state index contributed by atoms with van der Waals surface area (Å²) in [6, 6.07) is 0.214. The number of carbonyl (C=O) groups is 3. The number of hydrogen-bond donors (Lipinski definition) is 1. The van der Waals surface area contributed by atoms with Gasteiger partial charge in [-0.25, -0.2) is 4.79 Å². The van der Waals surface area contributed by atoms with Gasteiger partial charge in [-0.05, 0) is 18.8 Å². The summed E-state index contributed by atoms with van der Waals surface area (Å²) in [5, 5.41) is 7.80. The third-order valence-corrected chi connectivity index (χ3v) is 6.10. The molecule has 1 saturated carbocycles. The van der Waals surface area contributed by atoms with Gasteiger partial charge in [0.15, 0.2) is 5.69 Å². The molecule has 30 heavy (non-hydrogen) atoms. The maximum absolute atomic E-state index is 13.0. The summed E-state index contributed by atoms with van der Waals surface area (Å²) in [7, 11) is 0. The fraction of sp³-hybridized carbons (Fsp3) is 0.714. The standard InChI is InChI=1S/C21H31N5O4/c1-14(2)11-26-17-7-8-24(18(27)13-25-9-10-30-21(25)29)12-16(17)19(23-26)20(28)22-15-5-3-4-6-15/h14-15H,3-13H2,1-2H3,(H,22,28). The summed E-state index contributed by atoms with van der Waals surface area (Å²) in [5.41, 5.74) is 2.33. The van der Waals surface area contributed by atoms with Crippen molar-refractivity contribution in [1.29, 1.82) is 0 Å². The van der Waals surface area contributed by atoms with E-state index in [1.165, 1.54) is 4.90 Å². The van der Waals surface area contributed by atoms with Crippen molar-refractivity contribution in [3.05, 3.63) is 17.0 Å². The Labute approximate surface area is 176 Å². The van der Waals surface area contributed by atoms with Crippen LogP contribution >= 0.6 is 0 Å². The van der Waals surface area contributed by atoms with Crippen molar-refractivity contribution < 1.29 is 19.1 Å². The highest BCUT2D eigenvalue weighted by Gasteiger charge is 2.33. The maximum Gasteiger partial charge on any atom is 0.410 e. The molecule has 1 aromatic rings. The number of rotatable bonds is 6. The van der Waals surface area contributed by atoms with Crippen LogP contribution < -0.4 is 5.32 Å². The van der Waals surface area contributed by atoms with Crippen molar-refractivity contribution in [2.24, 2.45) is 5.92 Å². The van der Waals surface area contributed by atoms with Crippen LogP contribution in [0.3, 0.4) is 0 Å². The van der Waals surface area contributed by atoms with Crippen LogP contribution in [-0.4, -0.2) is 69.8 Å². The molecule has 4 rings (SSSR count). The Balaban J connectivity index is 1.52. The number of amides is 3. The highest BCUT2D eigenvalue weighted by molar-refractivity contribution is 5.94. The summed E-state index contributed by atoms with van der Waals surface area (Å²) in [5.74, 6) is 0.136. The molecule has 0 unspecified atom stereocenters. The number of aromatic nitrogens is 2. The summed E-state index contributed by atoms with van der Waals surface area (Å²) >= 11 is 0. The third kappa shape index (κ3) is 4.29. The van der Waals surface area contributed by atoms with Gasteiger partial charge in [-0.15, -0.1) is 0 Å². The highest BCUT2D eigenvalue weighted by atomic mass is 16.6. The van der Waals surface area contributed by atoms with Crippen molar-refractivity contribution in [1.82, 2.24) is 24.9 Å².